The third kappa shape index (κ3) is 11.4. The van der Waals surface area contributed by atoms with Gasteiger partial charge in [-0.1, -0.05) is 76.2 Å². The number of nitrogens with zero attached hydrogens (tertiary/aromatic N) is 8. The standard InChI is InChI=1S/2C21H21N2O.2C20H19N2O/c1-13(2)17-11-10-16-15-9-8-14(3)19(20(15)24-21(16)22-17)18-7-5-6-12-23(18)4;1-13(2)17-11-16-15-9-8-14(3)20(18-7-5-6-10-23(18)4)21(15)24-19(16)12-22-17;1-12-5-9-16(22(4)11-12)18-13(2)6-8-15-19-17(23-20(15)18)10-7-14(3)21-19;1-12-9-10-16(22(4)11-12)19-14(3)21-13(2)18-15-7-5-6-8-17(15)23-20(18)19/h2*5-13H,1-4H3;2*5-11H,1-4H3/q4*+1/i13D;1D3,13D;1D3;1D3,2D3. The van der Waals surface area contributed by atoms with Crippen molar-refractivity contribution in [3.63, 3.8) is 0 Å². The van der Waals surface area contributed by atoms with Gasteiger partial charge in [-0.2, -0.15) is 0 Å². The lowest BCUT2D eigenvalue weighted by atomic mass is 10.00. The van der Waals surface area contributed by atoms with E-state index in [1.165, 1.54) is 13.1 Å². The lowest BCUT2D eigenvalue weighted by Crippen LogP contribution is -2.31. The van der Waals surface area contributed by atoms with Gasteiger partial charge in [0.2, 0.25) is 28.5 Å². The van der Waals surface area contributed by atoms with Crippen molar-refractivity contribution in [1.29, 1.82) is 0 Å². The van der Waals surface area contributed by atoms with E-state index in [0.717, 1.165) is 111 Å². The van der Waals surface area contributed by atoms with Crippen LogP contribution in [-0.4, -0.2) is 19.9 Å². The summed E-state index contributed by atoms with van der Waals surface area (Å²) in [4.78, 5) is 17.9. The molecule has 0 saturated heterocycles. The quantitative estimate of drug-likeness (QED) is 0.151. The molecule has 12 heterocycles. The van der Waals surface area contributed by atoms with E-state index in [9.17, 15) is 0 Å². The maximum absolute atomic E-state index is 8.34. The fraction of sp³-hybridized carbons (Fsp3) is 0.220. The highest BCUT2D eigenvalue weighted by atomic mass is 16.3. The van der Waals surface area contributed by atoms with Crippen molar-refractivity contribution in [3.8, 4) is 45.0 Å². The molecule has 1 atom stereocenters. The van der Waals surface area contributed by atoms with E-state index in [2.05, 4.69) is 49.6 Å². The molecule has 0 amide bonds. The van der Waals surface area contributed by atoms with Crippen LogP contribution in [-0.2, 0) is 28.2 Å². The van der Waals surface area contributed by atoms with Gasteiger partial charge in [0, 0.05) is 122 Å². The predicted molar refractivity (Wildman–Crippen MR) is 379 cm³/mol. The van der Waals surface area contributed by atoms with E-state index in [1.807, 2.05) is 180 Å². The lowest BCUT2D eigenvalue weighted by Gasteiger charge is -2.07. The van der Waals surface area contributed by atoms with Crippen molar-refractivity contribution in [2.45, 2.75) is 94.6 Å². The highest BCUT2D eigenvalue weighted by Crippen LogP contribution is 2.41. The molecule has 0 radical (unpaired) electrons. The first-order valence-electron chi connectivity index (χ1n) is 37.9. The summed E-state index contributed by atoms with van der Waals surface area (Å²) in [5.41, 5.74) is 19.7. The number of aromatic nitrogens is 8. The molecule has 0 aliphatic carbocycles. The Hall–Kier alpha value is -10.7. The van der Waals surface area contributed by atoms with Crippen LogP contribution in [0.1, 0.15) is 115 Å². The second kappa shape index (κ2) is 25.1. The number of aryl methyl sites for hydroxylation is 12. The largest absolute Gasteiger partial charge is 0.455 e. The molecule has 0 N–H and O–H groups in total. The molecule has 16 rings (SSSR count). The number of benzene rings is 4. The van der Waals surface area contributed by atoms with Gasteiger partial charge >= 0.3 is 0 Å². The van der Waals surface area contributed by atoms with Crippen LogP contribution in [0.2, 0.25) is 0 Å². The van der Waals surface area contributed by atoms with E-state index in [4.69, 9.17) is 36.9 Å². The molecule has 0 aliphatic heterocycles. The monoisotopic (exact) mass is 1250 g/mol. The molecule has 0 saturated carbocycles. The molecule has 0 fully saturated rings. The van der Waals surface area contributed by atoms with Gasteiger partial charge in [-0.25, -0.2) is 28.2 Å². The first-order valence-corrected chi connectivity index (χ1v) is 30.9. The van der Waals surface area contributed by atoms with Gasteiger partial charge < -0.3 is 17.7 Å². The Morgan fingerprint density at radius 2 is 0.968 bits per heavy atom. The zero-order chi connectivity index (χ0) is 77.8. The summed E-state index contributed by atoms with van der Waals surface area (Å²) in [6, 6.07) is 47.9. The number of hydrogen-bond acceptors (Lipinski definition) is 8. The van der Waals surface area contributed by atoms with E-state index >= 15 is 0 Å². The summed E-state index contributed by atoms with van der Waals surface area (Å²) < 4.78 is 141. The van der Waals surface area contributed by atoms with Gasteiger partial charge in [0.1, 0.15) is 50.4 Å². The number of para-hydroxylation sites is 1. The Balaban J connectivity index is 0.000000127. The molecule has 94 heavy (non-hydrogen) atoms. The molecule has 12 aromatic heterocycles. The van der Waals surface area contributed by atoms with Crippen LogP contribution in [0.25, 0.3) is 133 Å². The average Bonchev–Trinajstić information content (AvgIpc) is 1.63. The van der Waals surface area contributed by atoms with Gasteiger partial charge in [0.15, 0.2) is 52.7 Å². The van der Waals surface area contributed by atoms with Crippen LogP contribution in [0.15, 0.2) is 200 Å². The minimum Gasteiger partial charge on any atom is -0.455 e. The average molecular weight is 1260 g/mol. The third-order valence-corrected chi connectivity index (χ3v) is 17.3. The summed E-state index contributed by atoms with van der Waals surface area (Å²) in [6.45, 7) is 5.67. The molecule has 0 bridgehead atoms. The van der Waals surface area contributed by atoms with Crippen LogP contribution >= 0.6 is 0 Å². The Labute approximate surface area is 567 Å². The summed E-state index contributed by atoms with van der Waals surface area (Å²) >= 11 is 0. The maximum atomic E-state index is 8.34. The molecule has 16 aromatic rings. The predicted octanol–water partition coefficient (Wildman–Crippen LogP) is 18.6. The highest BCUT2D eigenvalue weighted by Gasteiger charge is 2.26. The second-order valence-corrected chi connectivity index (χ2v) is 24.2. The second-order valence-electron chi connectivity index (χ2n) is 24.2. The fourth-order valence-corrected chi connectivity index (χ4v) is 12.5. The summed E-state index contributed by atoms with van der Waals surface area (Å²) in [7, 11) is 7.62. The minimum atomic E-state index is -2.48. The summed E-state index contributed by atoms with van der Waals surface area (Å²) in [5, 5.41) is 5.80. The molecule has 0 spiro atoms. The van der Waals surface area contributed by atoms with Crippen LogP contribution in [0.4, 0.5) is 0 Å². The smallest absolute Gasteiger partial charge is 0.227 e. The molecule has 4 aromatic carbocycles. The number of hydrogen-bond donors (Lipinski definition) is 0. The molecule has 1 unspecified atom stereocenters. The Bertz CT molecular complexity index is 6240. The fourth-order valence-electron chi connectivity index (χ4n) is 12.5. The Morgan fingerprint density at radius 1 is 0.415 bits per heavy atom. The van der Waals surface area contributed by atoms with Gasteiger partial charge in [-0.15, -0.1) is 0 Å². The van der Waals surface area contributed by atoms with Crippen molar-refractivity contribution >= 4 is 88.0 Å². The first-order chi connectivity index (χ1) is 50.7. The Kier molecular flexibility index (Phi) is 12.6. The van der Waals surface area contributed by atoms with Crippen molar-refractivity contribution in [1.82, 2.24) is 19.9 Å². The topological polar surface area (TPSA) is 120 Å². The van der Waals surface area contributed by atoms with E-state index < -0.39 is 39.2 Å². The SMILES string of the molecule is [2H]C(C)(C)c1ccc2c(n1)oc1c(-c3cccc[n+]3C)c(C)ccc12.[2H]C([2H])([2H])C([2H])(C)c1cc2c(cn1)oc1c(-c3cccc[n+]3C)c(C)ccc12.[2H]C([2H])([2H])c1ccc(-c2c(C)ccc3c2oc2ccc(C)nc23)[n+](C)c1.[2H]C([2H])([2H])c1ccc(-c2c(C)nc(C([2H])([2H])[2H])c3c2oc2ccccc23)[n+](C)c1. The van der Waals surface area contributed by atoms with E-state index in [1.54, 1.807) is 61.3 Å². The van der Waals surface area contributed by atoms with Crippen LogP contribution in [0.3, 0.4) is 0 Å². The zero-order valence-corrected chi connectivity index (χ0v) is 54.5. The third-order valence-electron chi connectivity index (χ3n) is 17.3. The summed E-state index contributed by atoms with van der Waals surface area (Å²) in [6.07, 6.45) is 8.75. The van der Waals surface area contributed by atoms with Gasteiger partial charge in [0.05, 0.1) is 34.0 Å². The van der Waals surface area contributed by atoms with Crippen LogP contribution < -0.4 is 18.3 Å². The molecule has 12 nitrogen and oxygen atoms in total. The normalized spacial score (nSPS) is 15.1. The van der Waals surface area contributed by atoms with Crippen LogP contribution in [0.5, 0.6) is 0 Å². The van der Waals surface area contributed by atoms with Crippen molar-refractivity contribution in [2.24, 2.45) is 28.2 Å². The van der Waals surface area contributed by atoms with Gasteiger partial charge in [0.25, 0.3) is 0 Å². The molecular weight excluding hydrogens is 1160 g/mol. The number of furan rings is 4. The minimum absolute atomic E-state index is 0.000430. The van der Waals surface area contributed by atoms with Crippen LogP contribution in [0, 0.1) is 55.2 Å². The first kappa shape index (κ1) is 47.2. The maximum Gasteiger partial charge on any atom is 0.227 e. The molecule has 12 heteroatoms. The molecule has 468 valence electrons. The number of pyridine rings is 8. The molecular formula is C82H80N8O4+4. The van der Waals surface area contributed by atoms with E-state index in [0.29, 0.717) is 61.4 Å². The highest BCUT2D eigenvalue weighted by molar-refractivity contribution is 6.12. The Morgan fingerprint density at radius 3 is 1.57 bits per heavy atom. The number of rotatable bonds is 6. The van der Waals surface area contributed by atoms with Crippen molar-refractivity contribution in [3.05, 3.63) is 239 Å². The van der Waals surface area contributed by atoms with E-state index in [-0.39, 0.29) is 17.0 Å². The lowest BCUT2D eigenvalue weighted by molar-refractivity contribution is -0.660. The zero-order valence-electron chi connectivity index (χ0n) is 68.5. The summed E-state index contributed by atoms with van der Waals surface area (Å²) in [5.74, 6) is -2.55. The van der Waals surface area contributed by atoms with Gasteiger partial charge in [-0.3, -0.25) is 9.97 Å². The van der Waals surface area contributed by atoms with Crippen molar-refractivity contribution in [2.75, 3.05) is 0 Å². The number of fused-ring (bicyclic) bond motifs is 12. The molecule has 0 aliphatic rings. The van der Waals surface area contributed by atoms with Crippen molar-refractivity contribution < 1.29 is 55.1 Å². The van der Waals surface area contributed by atoms with Gasteiger partial charge in [-0.05, 0) is 150 Å².